The molecule has 4 aromatic rings. The molecule has 1 unspecified atom stereocenters. The van der Waals surface area contributed by atoms with Crippen molar-refractivity contribution in [2.24, 2.45) is 5.92 Å². The molecule has 1 fully saturated rings. The van der Waals surface area contributed by atoms with Crippen LogP contribution in [0.2, 0.25) is 0 Å². The first-order valence-corrected chi connectivity index (χ1v) is 15.9. The minimum Gasteiger partial charge on any atom is -0.507 e. The van der Waals surface area contributed by atoms with Crippen LogP contribution in [0.25, 0.3) is 5.76 Å². The quantitative estimate of drug-likeness (QED) is 0.0583. The van der Waals surface area contributed by atoms with E-state index in [1.54, 1.807) is 30.3 Å². The zero-order valence-electron chi connectivity index (χ0n) is 24.2. The van der Waals surface area contributed by atoms with Crippen molar-refractivity contribution in [3.8, 4) is 11.5 Å². The number of nitrogens with zero attached hydrogens (tertiary/aromatic N) is 3. The van der Waals surface area contributed by atoms with Crippen LogP contribution in [0.4, 0.5) is 5.13 Å². The second-order valence-corrected chi connectivity index (χ2v) is 12.5. The highest BCUT2D eigenvalue weighted by atomic mass is 32.2. The Kier molecular flexibility index (Phi) is 9.79. The Morgan fingerprint density at radius 1 is 0.977 bits per heavy atom. The summed E-state index contributed by atoms with van der Waals surface area (Å²) in [7, 11) is 0. The van der Waals surface area contributed by atoms with Crippen LogP contribution in [0.5, 0.6) is 11.5 Å². The van der Waals surface area contributed by atoms with E-state index in [1.807, 2.05) is 55.5 Å². The SMILES string of the molecule is CCOc1ccc(C(O)=C2C(=O)C(=O)N(c3nnc(SCc4ccccc4)s3)C2c2cccc(OCCC(C)C)c2)cc1. The van der Waals surface area contributed by atoms with Gasteiger partial charge >= 0.3 is 5.91 Å². The Morgan fingerprint density at radius 3 is 2.47 bits per heavy atom. The Hall–Kier alpha value is -4.15. The van der Waals surface area contributed by atoms with Gasteiger partial charge in [0, 0.05) is 11.3 Å². The molecule has 0 radical (unpaired) electrons. The number of hydrogen-bond acceptors (Lipinski definition) is 9. The molecule has 43 heavy (non-hydrogen) atoms. The summed E-state index contributed by atoms with van der Waals surface area (Å²) in [6.45, 7) is 7.17. The number of Topliss-reactive ketones (excluding diaryl/α,β-unsaturated/α-hetero) is 1. The van der Waals surface area contributed by atoms with E-state index in [2.05, 4.69) is 24.0 Å². The van der Waals surface area contributed by atoms with Crippen LogP contribution < -0.4 is 14.4 Å². The number of aliphatic hydroxyl groups excluding tert-OH is 1. The van der Waals surface area contributed by atoms with Crippen molar-refractivity contribution in [1.82, 2.24) is 10.2 Å². The van der Waals surface area contributed by atoms with Crippen molar-refractivity contribution in [1.29, 1.82) is 0 Å². The highest BCUT2D eigenvalue weighted by Crippen LogP contribution is 2.44. The molecule has 1 aromatic heterocycles. The standard InChI is InChI=1S/C33H33N3O5S2/c1-4-40-25-15-13-23(14-16-25)29(37)27-28(24-11-8-12-26(19-24)41-18-17-21(2)3)36(31(39)30(27)38)32-34-35-33(43-32)42-20-22-9-6-5-7-10-22/h5-16,19,21,28,37H,4,17-18,20H2,1-3H3. The maximum atomic E-state index is 13.6. The number of carbonyl (C=O) groups excluding carboxylic acids is 2. The van der Waals surface area contributed by atoms with Gasteiger partial charge in [0.2, 0.25) is 5.13 Å². The Labute approximate surface area is 259 Å². The number of benzene rings is 3. The van der Waals surface area contributed by atoms with Crippen molar-refractivity contribution >= 4 is 45.7 Å². The fourth-order valence-corrected chi connectivity index (χ4v) is 6.46. The summed E-state index contributed by atoms with van der Waals surface area (Å²) in [5.41, 5.74) is 2.12. The summed E-state index contributed by atoms with van der Waals surface area (Å²) in [6.07, 6.45) is 0.884. The predicted octanol–water partition coefficient (Wildman–Crippen LogP) is 7.28. The Bertz CT molecular complexity index is 1600. The number of amides is 1. The van der Waals surface area contributed by atoms with Gasteiger partial charge in [0.05, 0.1) is 24.8 Å². The third-order valence-electron chi connectivity index (χ3n) is 6.83. The number of carbonyl (C=O) groups is 2. The topological polar surface area (TPSA) is 102 Å². The minimum absolute atomic E-state index is 0.0258. The number of rotatable bonds is 12. The molecule has 1 atom stereocenters. The normalized spacial score (nSPS) is 16.2. The van der Waals surface area contributed by atoms with Crippen LogP contribution in [0.1, 0.15) is 49.9 Å². The predicted molar refractivity (Wildman–Crippen MR) is 170 cm³/mol. The maximum Gasteiger partial charge on any atom is 0.301 e. The molecule has 8 nitrogen and oxygen atoms in total. The molecule has 5 rings (SSSR count). The smallest absolute Gasteiger partial charge is 0.301 e. The molecule has 10 heteroatoms. The third-order valence-corrected chi connectivity index (χ3v) is 8.95. The monoisotopic (exact) mass is 615 g/mol. The second-order valence-electron chi connectivity index (χ2n) is 10.4. The summed E-state index contributed by atoms with van der Waals surface area (Å²) in [5.74, 6) is 0.568. The lowest BCUT2D eigenvalue weighted by atomic mass is 9.95. The van der Waals surface area contributed by atoms with Crippen molar-refractivity contribution < 1.29 is 24.2 Å². The summed E-state index contributed by atoms with van der Waals surface area (Å²) in [5, 5.41) is 20.4. The van der Waals surface area contributed by atoms with Crippen LogP contribution in [0.3, 0.4) is 0 Å². The first kappa shape index (κ1) is 30.3. The van der Waals surface area contributed by atoms with Gasteiger partial charge in [-0.05, 0) is 66.8 Å². The fourth-order valence-electron chi connectivity index (χ4n) is 4.64. The molecule has 2 heterocycles. The summed E-state index contributed by atoms with van der Waals surface area (Å²) in [6, 6.07) is 23.1. The van der Waals surface area contributed by atoms with Gasteiger partial charge in [0.15, 0.2) is 4.34 Å². The third kappa shape index (κ3) is 7.09. The lowest BCUT2D eigenvalue weighted by Crippen LogP contribution is -2.29. The molecule has 222 valence electrons. The average Bonchev–Trinajstić information content (AvgIpc) is 3.58. The van der Waals surface area contributed by atoms with Gasteiger partial charge in [-0.25, -0.2) is 0 Å². The largest absolute Gasteiger partial charge is 0.507 e. The molecular formula is C33H33N3O5S2. The molecule has 0 bridgehead atoms. The molecule has 1 aliphatic rings. The molecule has 3 aromatic carbocycles. The first-order valence-electron chi connectivity index (χ1n) is 14.1. The number of thioether (sulfide) groups is 1. The van der Waals surface area contributed by atoms with E-state index in [0.29, 0.717) is 51.9 Å². The van der Waals surface area contributed by atoms with Gasteiger partial charge < -0.3 is 14.6 Å². The number of hydrogen-bond donors (Lipinski definition) is 1. The number of ketones is 1. The Balaban J connectivity index is 1.53. The van der Waals surface area contributed by atoms with Gasteiger partial charge in [-0.2, -0.15) is 0 Å². The van der Waals surface area contributed by atoms with Crippen LogP contribution >= 0.6 is 23.1 Å². The van der Waals surface area contributed by atoms with Crippen LogP contribution in [0.15, 0.2) is 88.8 Å². The summed E-state index contributed by atoms with van der Waals surface area (Å²) < 4.78 is 12.2. The maximum absolute atomic E-state index is 13.6. The van der Waals surface area contributed by atoms with Gasteiger partial charge in [-0.1, -0.05) is 79.4 Å². The highest BCUT2D eigenvalue weighted by Gasteiger charge is 2.48. The van der Waals surface area contributed by atoms with E-state index in [-0.39, 0.29) is 16.5 Å². The van der Waals surface area contributed by atoms with Gasteiger partial charge in [0.25, 0.3) is 5.78 Å². The van der Waals surface area contributed by atoms with Crippen molar-refractivity contribution in [2.45, 2.75) is 43.3 Å². The van der Waals surface area contributed by atoms with E-state index in [1.165, 1.54) is 28.0 Å². The van der Waals surface area contributed by atoms with Crippen LogP contribution in [-0.4, -0.2) is 40.2 Å². The number of anilines is 1. The second kappa shape index (κ2) is 13.9. The number of aliphatic hydroxyl groups is 1. The molecule has 1 aliphatic heterocycles. The van der Waals surface area contributed by atoms with E-state index in [9.17, 15) is 14.7 Å². The average molecular weight is 616 g/mol. The van der Waals surface area contributed by atoms with Crippen molar-refractivity contribution in [3.05, 3.63) is 101 Å². The lowest BCUT2D eigenvalue weighted by molar-refractivity contribution is -0.132. The zero-order valence-corrected chi connectivity index (χ0v) is 25.9. The number of ether oxygens (including phenoxy) is 2. The van der Waals surface area contributed by atoms with E-state index < -0.39 is 17.7 Å². The lowest BCUT2D eigenvalue weighted by Gasteiger charge is -2.23. The first-order chi connectivity index (χ1) is 20.9. The molecule has 0 aliphatic carbocycles. The van der Waals surface area contributed by atoms with Gasteiger partial charge in [-0.3, -0.25) is 14.5 Å². The molecule has 0 spiro atoms. The molecule has 1 N–H and O–H groups in total. The fraction of sp³-hybridized carbons (Fsp3) is 0.273. The van der Waals surface area contributed by atoms with E-state index in [0.717, 1.165) is 12.0 Å². The molecular weight excluding hydrogens is 583 g/mol. The van der Waals surface area contributed by atoms with E-state index >= 15 is 0 Å². The molecule has 1 amide bonds. The van der Waals surface area contributed by atoms with Gasteiger partial charge in [0.1, 0.15) is 17.3 Å². The Morgan fingerprint density at radius 2 is 1.74 bits per heavy atom. The summed E-state index contributed by atoms with van der Waals surface area (Å²) in [4.78, 5) is 28.5. The van der Waals surface area contributed by atoms with E-state index in [4.69, 9.17) is 9.47 Å². The van der Waals surface area contributed by atoms with Crippen LogP contribution in [0, 0.1) is 5.92 Å². The molecule has 0 saturated carbocycles. The van der Waals surface area contributed by atoms with Crippen molar-refractivity contribution in [2.75, 3.05) is 18.1 Å². The highest BCUT2D eigenvalue weighted by molar-refractivity contribution is 8.00. The van der Waals surface area contributed by atoms with Crippen LogP contribution in [-0.2, 0) is 15.3 Å². The van der Waals surface area contributed by atoms with Gasteiger partial charge in [-0.15, -0.1) is 10.2 Å². The minimum atomic E-state index is -0.930. The molecule has 1 saturated heterocycles. The number of aromatic nitrogens is 2. The zero-order chi connectivity index (χ0) is 30.3. The van der Waals surface area contributed by atoms with Crippen molar-refractivity contribution in [3.63, 3.8) is 0 Å². The summed E-state index contributed by atoms with van der Waals surface area (Å²) >= 11 is 2.74.